The predicted octanol–water partition coefficient (Wildman–Crippen LogP) is 2.97. The lowest BCUT2D eigenvalue weighted by molar-refractivity contribution is -0.117. The maximum Gasteiger partial charge on any atom is 0.228 e. The van der Waals surface area contributed by atoms with Gasteiger partial charge >= 0.3 is 0 Å². The van der Waals surface area contributed by atoms with Crippen LogP contribution < -0.4 is 5.32 Å². The van der Waals surface area contributed by atoms with Crippen LogP contribution in [0.3, 0.4) is 0 Å². The quantitative estimate of drug-likeness (QED) is 0.912. The SMILES string of the molecule is O=C(Nc1cnccc1CO)C1CC1c1ccc(Cl)cc1. The Hall–Kier alpha value is -1.91. The van der Waals surface area contributed by atoms with Crippen LogP contribution in [-0.4, -0.2) is 16.0 Å². The first-order valence-corrected chi connectivity index (χ1v) is 7.17. The second-order valence-electron chi connectivity index (χ2n) is 5.18. The summed E-state index contributed by atoms with van der Waals surface area (Å²) in [5, 5.41) is 12.8. The molecule has 3 rings (SSSR count). The summed E-state index contributed by atoms with van der Waals surface area (Å²) in [4.78, 5) is 16.2. The maximum absolute atomic E-state index is 12.2. The Balaban J connectivity index is 1.66. The van der Waals surface area contributed by atoms with Gasteiger partial charge in [0.25, 0.3) is 0 Å². The van der Waals surface area contributed by atoms with Crippen LogP contribution in [0.1, 0.15) is 23.5 Å². The molecule has 2 atom stereocenters. The van der Waals surface area contributed by atoms with Crippen LogP contribution in [-0.2, 0) is 11.4 Å². The molecule has 1 aromatic heterocycles. The van der Waals surface area contributed by atoms with Crippen molar-refractivity contribution >= 4 is 23.2 Å². The molecule has 2 aromatic rings. The first kappa shape index (κ1) is 14.0. The molecule has 0 aliphatic heterocycles. The van der Waals surface area contributed by atoms with Gasteiger partial charge in [-0.3, -0.25) is 9.78 Å². The Kier molecular flexibility index (Phi) is 3.90. The fourth-order valence-electron chi connectivity index (χ4n) is 2.46. The Bertz CT molecular complexity index is 658. The van der Waals surface area contributed by atoms with Gasteiger partial charge in [0.1, 0.15) is 0 Å². The molecule has 0 spiro atoms. The van der Waals surface area contributed by atoms with E-state index in [-0.39, 0.29) is 24.3 Å². The van der Waals surface area contributed by atoms with Gasteiger partial charge in [0.15, 0.2) is 0 Å². The van der Waals surface area contributed by atoms with Crippen LogP contribution >= 0.6 is 11.6 Å². The van der Waals surface area contributed by atoms with Gasteiger partial charge in [-0.25, -0.2) is 0 Å². The number of benzene rings is 1. The number of nitrogens with one attached hydrogen (secondary N) is 1. The van der Waals surface area contributed by atoms with E-state index < -0.39 is 0 Å². The van der Waals surface area contributed by atoms with Gasteiger partial charge in [0.2, 0.25) is 5.91 Å². The summed E-state index contributed by atoms with van der Waals surface area (Å²) in [5.74, 6) is 0.187. The van der Waals surface area contributed by atoms with Crippen LogP contribution in [0, 0.1) is 5.92 Å². The molecule has 0 saturated heterocycles. The zero-order valence-electron chi connectivity index (χ0n) is 11.3. The summed E-state index contributed by atoms with van der Waals surface area (Å²) >= 11 is 5.87. The summed E-state index contributed by atoms with van der Waals surface area (Å²) in [6.45, 7) is -0.122. The van der Waals surface area contributed by atoms with Gasteiger partial charge in [-0.2, -0.15) is 0 Å². The molecular formula is C16H15ClN2O2. The monoisotopic (exact) mass is 302 g/mol. The number of hydrogen-bond donors (Lipinski definition) is 2. The van der Waals surface area contributed by atoms with E-state index in [4.69, 9.17) is 11.6 Å². The van der Waals surface area contributed by atoms with Gasteiger partial charge in [0, 0.05) is 22.7 Å². The summed E-state index contributed by atoms with van der Waals surface area (Å²) in [6.07, 6.45) is 3.99. The molecule has 2 unspecified atom stereocenters. The van der Waals surface area contributed by atoms with Crippen LogP contribution in [0.2, 0.25) is 5.02 Å². The lowest BCUT2D eigenvalue weighted by Crippen LogP contribution is -2.16. The number of carbonyl (C=O) groups is 1. The molecule has 1 fully saturated rings. The van der Waals surface area contributed by atoms with E-state index in [1.807, 2.05) is 24.3 Å². The van der Waals surface area contributed by atoms with Crippen LogP contribution in [0.15, 0.2) is 42.7 Å². The number of aliphatic hydroxyl groups is 1. The minimum Gasteiger partial charge on any atom is -0.392 e. The number of amides is 1. The molecule has 1 aliphatic rings. The molecule has 1 amide bonds. The normalized spacial score (nSPS) is 20.1. The topological polar surface area (TPSA) is 62.2 Å². The fourth-order valence-corrected chi connectivity index (χ4v) is 2.59. The smallest absolute Gasteiger partial charge is 0.228 e. The first-order valence-electron chi connectivity index (χ1n) is 6.79. The zero-order valence-corrected chi connectivity index (χ0v) is 12.0. The van der Waals surface area contributed by atoms with Crippen molar-refractivity contribution < 1.29 is 9.90 Å². The van der Waals surface area contributed by atoms with Crippen LogP contribution in [0.5, 0.6) is 0 Å². The second-order valence-corrected chi connectivity index (χ2v) is 5.62. The minimum atomic E-state index is -0.122. The molecule has 0 radical (unpaired) electrons. The van der Waals surface area contributed by atoms with E-state index in [0.29, 0.717) is 16.3 Å². The van der Waals surface area contributed by atoms with Crippen LogP contribution in [0.4, 0.5) is 5.69 Å². The number of nitrogens with zero attached hydrogens (tertiary/aromatic N) is 1. The van der Waals surface area contributed by atoms with Crippen molar-refractivity contribution in [3.05, 3.63) is 58.9 Å². The number of halogens is 1. The summed E-state index contributed by atoms with van der Waals surface area (Å²) in [5.41, 5.74) is 2.38. The highest BCUT2D eigenvalue weighted by atomic mass is 35.5. The maximum atomic E-state index is 12.2. The van der Waals surface area contributed by atoms with Crippen molar-refractivity contribution in [1.29, 1.82) is 0 Å². The highest BCUT2D eigenvalue weighted by Gasteiger charge is 2.43. The second kappa shape index (κ2) is 5.84. The van der Waals surface area contributed by atoms with E-state index in [9.17, 15) is 9.90 Å². The average Bonchev–Trinajstić information content (AvgIpc) is 3.29. The molecule has 4 nitrogen and oxygen atoms in total. The summed E-state index contributed by atoms with van der Waals surface area (Å²) in [6, 6.07) is 9.30. The number of aromatic nitrogens is 1. The molecule has 1 aliphatic carbocycles. The third-order valence-electron chi connectivity index (χ3n) is 3.76. The van der Waals surface area contributed by atoms with Gasteiger partial charge in [0.05, 0.1) is 18.5 Å². The molecule has 0 bridgehead atoms. The van der Waals surface area contributed by atoms with E-state index in [1.54, 1.807) is 18.5 Å². The van der Waals surface area contributed by atoms with E-state index >= 15 is 0 Å². The molecular weight excluding hydrogens is 288 g/mol. The Labute approximate surface area is 127 Å². The van der Waals surface area contributed by atoms with Gasteiger partial charge in [-0.15, -0.1) is 0 Å². The zero-order chi connectivity index (χ0) is 14.8. The fraction of sp³-hybridized carbons (Fsp3) is 0.250. The summed E-state index contributed by atoms with van der Waals surface area (Å²) in [7, 11) is 0. The molecule has 108 valence electrons. The van der Waals surface area contributed by atoms with Crippen LogP contribution in [0.25, 0.3) is 0 Å². The lowest BCUT2D eigenvalue weighted by atomic mass is 10.1. The first-order chi connectivity index (χ1) is 10.2. The van der Waals surface area contributed by atoms with Crippen molar-refractivity contribution in [2.24, 2.45) is 5.92 Å². The third kappa shape index (κ3) is 3.06. The number of anilines is 1. The van der Waals surface area contributed by atoms with Gasteiger partial charge < -0.3 is 10.4 Å². The lowest BCUT2D eigenvalue weighted by Gasteiger charge is -2.08. The highest BCUT2D eigenvalue weighted by molar-refractivity contribution is 6.30. The van der Waals surface area contributed by atoms with Crippen molar-refractivity contribution in [3.63, 3.8) is 0 Å². The number of pyridine rings is 1. The highest BCUT2D eigenvalue weighted by Crippen LogP contribution is 2.48. The van der Waals surface area contributed by atoms with E-state index in [0.717, 1.165) is 12.0 Å². The molecule has 1 aromatic carbocycles. The molecule has 1 heterocycles. The van der Waals surface area contributed by atoms with Crippen molar-refractivity contribution in [1.82, 2.24) is 4.98 Å². The largest absolute Gasteiger partial charge is 0.392 e. The third-order valence-corrected chi connectivity index (χ3v) is 4.02. The molecule has 1 saturated carbocycles. The summed E-state index contributed by atoms with van der Waals surface area (Å²) < 4.78 is 0. The predicted molar refractivity (Wildman–Crippen MR) is 81.1 cm³/mol. The number of hydrogen-bond acceptors (Lipinski definition) is 3. The average molecular weight is 303 g/mol. The molecule has 21 heavy (non-hydrogen) atoms. The Morgan fingerprint density at radius 1 is 1.33 bits per heavy atom. The number of rotatable bonds is 4. The molecule has 2 N–H and O–H groups in total. The minimum absolute atomic E-state index is 0.0297. The number of aliphatic hydroxyl groups excluding tert-OH is 1. The Morgan fingerprint density at radius 2 is 2.10 bits per heavy atom. The Morgan fingerprint density at radius 3 is 2.81 bits per heavy atom. The van der Waals surface area contributed by atoms with Crippen molar-refractivity contribution in [3.8, 4) is 0 Å². The molecule has 5 heteroatoms. The van der Waals surface area contributed by atoms with Crippen molar-refractivity contribution in [2.45, 2.75) is 18.9 Å². The standard InChI is InChI=1S/C16H15ClN2O2/c17-12-3-1-10(2-4-12)13-7-14(13)16(21)19-15-8-18-6-5-11(15)9-20/h1-6,8,13-14,20H,7,9H2,(H,19,21). The van der Waals surface area contributed by atoms with Crippen molar-refractivity contribution in [2.75, 3.05) is 5.32 Å². The van der Waals surface area contributed by atoms with E-state index in [1.165, 1.54) is 0 Å². The van der Waals surface area contributed by atoms with E-state index in [2.05, 4.69) is 10.3 Å². The van der Waals surface area contributed by atoms with Gasteiger partial charge in [-0.1, -0.05) is 23.7 Å². The number of carbonyl (C=O) groups excluding carboxylic acids is 1. The van der Waals surface area contributed by atoms with Gasteiger partial charge in [-0.05, 0) is 36.1 Å².